The van der Waals surface area contributed by atoms with Crippen LogP contribution >= 0.6 is 0 Å². The van der Waals surface area contributed by atoms with Crippen LogP contribution in [0.15, 0.2) is 18.2 Å². The monoisotopic (exact) mass is 307 g/mol. The average Bonchev–Trinajstić information content (AvgIpc) is 2.90. The molecule has 0 saturated carbocycles. The molecule has 2 N–H and O–H groups in total. The third-order valence-electron chi connectivity index (χ3n) is 4.31. The first-order valence-electron chi connectivity index (χ1n) is 7.85. The molecule has 1 aliphatic carbocycles. The number of ether oxygens (including phenoxy) is 1. The molecule has 0 radical (unpaired) electrons. The number of hydrogen-bond acceptors (Lipinski definition) is 3. The number of aryl methyl sites for hydroxylation is 1. The summed E-state index contributed by atoms with van der Waals surface area (Å²) in [5.74, 6) is -0.214. The Balaban J connectivity index is 1.43. The summed E-state index contributed by atoms with van der Waals surface area (Å²) in [5, 5.41) is 5.87. The van der Waals surface area contributed by atoms with Gasteiger partial charge in [0.25, 0.3) is 0 Å². The highest BCUT2D eigenvalue weighted by molar-refractivity contribution is 5.74. The van der Waals surface area contributed by atoms with E-state index in [9.17, 15) is 9.18 Å². The Hall–Kier alpha value is -1.66. The summed E-state index contributed by atoms with van der Waals surface area (Å²) >= 11 is 0. The van der Waals surface area contributed by atoms with Crippen LogP contribution in [-0.2, 0) is 11.2 Å². The summed E-state index contributed by atoms with van der Waals surface area (Å²) in [4.78, 5) is 14.3. The zero-order valence-electron chi connectivity index (χ0n) is 12.6. The van der Waals surface area contributed by atoms with E-state index in [1.165, 1.54) is 6.07 Å². The van der Waals surface area contributed by atoms with Crippen LogP contribution in [-0.4, -0.2) is 50.3 Å². The first kappa shape index (κ1) is 15.2. The number of amides is 2. The second kappa shape index (κ2) is 7.07. The van der Waals surface area contributed by atoms with Crippen LogP contribution in [0.25, 0.3) is 0 Å². The summed E-state index contributed by atoms with van der Waals surface area (Å²) in [6, 6.07) is 4.62. The molecule has 120 valence electrons. The standard InChI is InChI=1S/C16H22FN3O2/c17-13-2-3-14-12(11-13)1-4-15(14)19-16(21)18-5-6-20-7-9-22-10-8-20/h2-3,11,15H,1,4-10H2,(H2,18,19,21)/t15-/m0/s1. The van der Waals surface area contributed by atoms with Gasteiger partial charge in [-0.25, -0.2) is 9.18 Å². The molecule has 2 amide bonds. The highest BCUT2D eigenvalue weighted by atomic mass is 19.1. The molecule has 0 aromatic heterocycles. The molecule has 0 unspecified atom stereocenters. The predicted octanol–water partition coefficient (Wildman–Crippen LogP) is 1.44. The largest absolute Gasteiger partial charge is 0.379 e. The average molecular weight is 307 g/mol. The first-order chi connectivity index (χ1) is 10.7. The number of urea groups is 1. The summed E-state index contributed by atoms with van der Waals surface area (Å²) < 4.78 is 18.5. The van der Waals surface area contributed by atoms with Gasteiger partial charge in [-0.2, -0.15) is 0 Å². The summed E-state index contributed by atoms with van der Waals surface area (Å²) in [6.45, 7) is 4.83. The van der Waals surface area contributed by atoms with E-state index in [4.69, 9.17) is 4.74 Å². The van der Waals surface area contributed by atoms with E-state index >= 15 is 0 Å². The quantitative estimate of drug-likeness (QED) is 0.885. The number of rotatable bonds is 4. The molecule has 1 aromatic carbocycles. The second-order valence-electron chi connectivity index (χ2n) is 5.79. The van der Waals surface area contributed by atoms with E-state index in [1.54, 1.807) is 12.1 Å². The summed E-state index contributed by atoms with van der Waals surface area (Å²) in [5.41, 5.74) is 2.03. The first-order valence-corrected chi connectivity index (χ1v) is 7.85. The molecule has 22 heavy (non-hydrogen) atoms. The number of hydrogen-bond donors (Lipinski definition) is 2. The molecule has 1 heterocycles. The fourth-order valence-corrected chi connectivity index (χ4v) is 3.10. The Morgan fingerprint density at radius 2 is 2.18 bits per heavy atom. The van der Waals surface area contributed by atoms with Gasteiger partial charge in [-0.15, -0.1) is 0 Å². The van der Waals surface area contributed by atoms with Gasteiger partial charge in [0.2, 0.25) is 0 Å². The van der Waals surface area contributed by atoms with Gasteiger partial charge in [0.15, 0.2) is 0 Å². The van der Waals surface area contributed by atoms with Gasteiger partial charge < -0.3 is 15.4 Å². The third-order valence-corrected chi connectivity index (χ3v) is 4.31. The molecule has 1 fully saturated rings. The lowest BCUT2D eigenvalue weighted by Crippen LogP contribution is -2.44. The zero-order valence-corrected chi connectivity index (χ0v) is 12.6. The Bertz CT molecular complexity index is 532. The zero-order chi connectivity index (χ0) is 15.4. The third kappa shape index (κ3) is 3.75. The molecule has 3 rings (SSSR count). The smallest absolute Gasteiger partial charge is 0.315 e. The molecule has 1 aliphatic heterocycles. The van der Waals surface area contributed by atoms with Crippen LogP contribution in [0.5, 0.6) is 0 Å². The lowest BCUT2D eigenvalue weighted by atomic mass is 10.1. The maximum atomic E-state index is 13.2. The van der Waals surface area contributed by atoms with Crippen LogP contribution in [0.2, 0.25) is 0 Å². The van der Waals surface area contributed by atoms with Crippen LogP contribution in [0.1, 0.15) is 23.6 Å². The molecule has 1 atom stereocenters. The van der Waals surface area contributed by atoms with Gasteiger partial charge in [-0.3, -0.25) is 4.90 Å². The molecule has 0 bridgehead atoms. The molecular formula is C16H22FN3O2. The SMILES string of the molecule is O=C(NCCN1CCOCC1)N[C@H]1CCc2cc(F)ccc21. The van der Waals surface area contributed by atoms with E-state index in [0.29, 0.717) is 6.54 Å². The lowest BCUT2D eigenvalue weighted by Gasteiger charge is -2.26. The predicted molar refractivity (Wildman–Crippen MR) is 81.3 cm³/mol. The second-order valence-corrected chi connectivity index (χ2v) is 5.79. The Labute approximate surface area is 129 Å². The van der Waals surface area contributed by atoms with E-state index < -0.39 is 0 Å². The van der Waals surface area contributed by atoms with Crippen LogP contribution in [0, 0.1) is 5.82 Å². The highest BCUT2D eigenvalue weighted by Gasteiger charge is 2.24. The van der Waals surface area contributed by atoms with Crippen molar-refractivity contribution in [3.63, 3.8) is 0 Å². The van der Waals surface area contributed by atoms with Crippen molar-refractivity contribution in [2.75, 3.05) is 39.4 Å². The normalized spacial score (nSPS) is 21.4. The molecule has 1 aromatic rings. The number of morpholine rings is 1. The van der Waals surface area contributed by atoms with Crippen molar-refractivity contribution in [1.82, 2.24) is 15.5 Å². The number of halogens is 1. The molecule has 1 saturated heterocycles. The molecule has 6 heteroatoms. The maximum absolute atomic E-state index is 13.2. The fourth-order valence-electron chi connectivity index (χ4n) is 3.10. The van der Waals surface area contributed by atoms with E-state index in [1.807, 2.05) is 0 Å². The minimum Gasteiger partial charge on any atom is -0.379 e. The minimum atomic E-state index is -0.214. The van der Waals surface area contributed by atoms with Gasteiger partial charge in [-0.05, 0) is 36.1 Å². The van der Waals surface area contributed by atoms with Gasteiger partial charge in [0.05, 0.1) is 19.3 Å². The molecular weight excluding hydrogens is 285 g/mol. The van der Waals surface area contributed by atoms with E-state index in [0.717, 1.165) is 56.8 Å². The van der Waals surface area contributed by atoms with Crippen LogP contribution < -0.4 is 10.6 Å². The molecule has 0 spiro atoms. The van der Waals surface area contributed by atoms with Crippen molar-refractivity contribution in [3.8, 4) is 0 Å². The van der Waals surface area contributed by atoms with Crippen molar-refractivity contribution in [2.45, 2.75) is 18.9 Å². The molecule has 2 aliphatic rings. The highest BCUT2D eigenvalue weighted by Crippen LogP contribution is 2.31. The van der Waals surface area contributed by atoms with Crippen molar-refractivity contribution < 1.29 is 13.9 Å². The van der Waals surface area contributed by atoms with Gasteiger partial charge >= 0.3 is 6.03 Å². The van der Waals surface area contributed by atoms with E-state index in [-0.39, 0.29) is 17.9 Å². The van der Waals surface area contributed by atoms with Crippen molar-refractivity contribution >= 4 is 6.03 Å². The van der Waals surface area contributed by atoms with Gasteiger partial charge in [0.1, 0.15) is 5.82 Å². The fraction of sp³-hybridized carbons (Fsp3) is 0.562. The Kier molecular flexibility index (Phi) is 4.90. The lowest BCUT2D eigenvalue weighted by molar-refractivity contribution is 0.0387. The van der Waals surface area contributed by atoms with E-state index in [2.05, 4.69) is 15.5 Å². The topological polar surface area (TPSA) is 53.6 Å². The number of fused-ring (bicyclic) bond motifs is 1. The summed E-state index contributed by atoms with van der Waals surface area (Å²) in [6.07, 6.45) is 1.64. The van der Waals surface area contributed by atoms with Crippen LogP contribution in [0.4, 0.5) is 9.18 Å². The number of nitrogens with one attached hydrogen (secondary N) is 2. The van der Waals surface area contributed by atoms with Crippen molar-refractivity contribution in [1.29, 1.82) is 0 Å². The Morgan fingerprint density at radius 3 is 3.00 bits per heavy atom. The maximum Gasteiger partial charge on any atom is 0.315 e. The van der Waals surface area contributed by atoms with Crippen molar-refractivity contribution in [3.05, 3.63) is 35.1 Å². The van der Waals surface area contributed by atoms with Gasteiger partial charge in [0, 0.05) is 26.2 Å². The minimum absolute atomic E-state index is 0.0148. The number of carbonyl (C=O) groups excluding carboxylic acids is 1. The number of nitrogens with zero attached hydrogens (tertiary/aromatic N) is 1. The van der Waals surface area contributed by atoms with Crippen LogP contribution in [0.3, 0.4) is 0 Å². The number of benzene rings is 1. The summed E-state index contributed by atoms with van der Waals surface area (Å²) in [7, 11) is 0. The number of carbonyl (C=O) groups is 1. The van der Waals surface area contributed by atoms with Gasteiger partial charge in [-0.1, -0.05) is 6.07 Å². The Morgan fingerprint density at radius 1 is 1.36 bits per heavy atom. The van der Waals surface area contributed by atoms with Crippen molar-refractivity contribution in [2.24, 2.45) is 0 Å². The molecule has 5 nitrogen and oxygen atoms in total.